The van der Waals surface area contributed by atoms with Gasteiger partial charge in [0.2, 0.25) is 11.8 Å². The molecule has 2 aliphatic heterocycles. The molecule has 0 spiro atoms. The number of benzene rings is 1. The van der Waals surface area contributed by atoms with Crippen LogP contribution in [0, 0.1) is 24.1 Å². The molecule has 3 rings (SSSR count). The van der Waals surface area contributed by atoms with Gasteiger partial charge in [-0.3, -0.25) is 14.5 Å². The Bertz CT molecular complexity index is 751. The van der Waals surface area contributed by atoms with E-state index in [4.69, 9.17) is 5.73 Å². The fourth-order valence-corrected chi connectivity index (χ4v) is 5.00. The van der Waals surface area contributed by atoms with Crippen molar-refractivity contribution in [3.05, 3.63) is 35.1 Å². The molecule has 2 fully saturated rings. The lowest BCUT2D eigenvalue weighted by atomic mass is 9.69. The number of fused-ring (bicyclic) bond motifs is 2. The number of hydrogen-bond donors (Lipinski definition) is 2. The number of nitrogens with two attached hydrogens (primary N) is 1. The van der Waals surface area contributed by atoms with Gasteiger partial charge in [-0.25, -0.2) is 4.39 Å². The minimum absolute atomic E-state index is 0.0239. The topological polar surface area (TPSA) is 75.4 Å². The highest BCUT2D eigenvalue weighted by atomic mass is 19.1. The third kappa shape index (κ3) is 4.07. The van der Waals surface area contributed by atoms with Gasteiger partial charge < -0.3 is 11.1 Å². The van der Waals surface area contributed by atoms with E-state index < -0.39 is 5.41 Å². The second kappa shape index (κ2) is 8.19. The summed E-state index contributed by atoms with van der Waals surface area (Å²) in [5.74, 6) is -0.0729. The highest BCUT2D eigenvalue weighted by molar-refractivity contribution is 5.84. The van der Waals surface area contributed by atoms with Gasteiger partial charge in [0.05, 0.1) is 12.0 Å². The Morgan fingerprint density at radius 2 is 2.11 bits per heavy atom. The van der Waals surface area contributed by atoms with Gasteiger partial charge in [0.15, 0.2) is 0 Å². The molecule has 0 aromatic heterocycles. The van der Waals surface area contributed by atoms with Crippen LogP contribution in [-0.2, 0) is 16.1 Å². The van der Waals surface area contributed by atoms with E-state index >= 15 is 0 Å². The summed E-state index contributed by atoms with van der Waals surface area (Å²) in [4.78, 5) is 27.1. The Hall–Kier alpha value is -1.95. The van der Waals surface area contributed by atoms with Crippen molar-refractivity contribution >= 4 is 11.8 Å². The number of rotatable bonds is 8. The maximum Gasteiger partial charge on any atom is 0.231 e. The molecule has 0 saturated carbocycles. The number of carbonyl (C=O) groups is 2. The molecular weight excluding hydrogens is 357 g/mol. The standard InChI is InChI=1S/C22H32FN3O2/c1-14(2)8-9-22(11-17-6-7-19(22)26(17)13-20(24)27)21(28)25-12-16-5-4-15(3)18(23)10-16/h4-5,10,14,17,19H,6-9,11-13H2,1-3H3,(H2,24,27)(H,25,28)/t17-,19+,22+/m1/s1. The quantitative estimate of drug-likeness (QED) is 0.718. The van der Waals surface area contributed by atoms with Gasteiger partial charge in [0, 0.05) is 18.6 Å². The Labute approximate surface area is 166 Å². The summed E-state index contributed by atoms with van der Waals surface area (Å²) in [5, 5.41) is 3.06. The normalized spacial score (nSPS) is 26.8. The first-order chi connectivity index (χ1) is 13.2. The molecule has 2 bridgehead atoms. The second-order valence-electron chi connectivity index (χ2n) is 8.94. The number of hydrogen-bond acceptors (Lipinski definition) is 3. The molecule has 1 aromatic rings. The minimum atomic E-state index is -0.494. The van der Waals surface area contributed by atoms with Crippen molar-refractivity contribution in [3.8, 4) is 0 Å². The maximum absolute atomic E-state index is 13.8. The van der Waals surface area contributed by atoms with Gasteiger partial charge in [-0.05, 0) is 62.1 Å². The monoisotopic (exact) mass is 389 g/mol. The number of carbonyl (C=O) groups excluding carboxylic acids is 2. The van der Waals surface area contributed by atoms with E-state index in [0.29, 0.717) is 18.0 Å². The molecule has 154 valence electrons. The minimum Gasteiger partial charge on any atom is -0.369 e. The third-order valence-electron chi connectivity index (χ3n) is 6.53. The van der Waals surface area contributed by atoms with Crippen LogP contribution in [0.5, 0.6) is 0 Å². The number of nitrogens with one attached hydrogen (secondary N) is 1. The second-order valence-corrected chi connectivity index (χ2v) is 8.94. The summed E-state index contributed by atoms with van der Waals surface area (Å²) in [6, 6.07) is 5.36. The molecule has 3 atom stereocenters. The van der Waals surface area contributed by atoms with Gasteiger partial charge in [-0.1, -0.05) is 26.0 Å². The molecule has 0 unspecified atom stereocenters. The largest absolute Gasteiger partial charge is 0.369 e. The fourth-order valence-electron chi connectivity index (χ4n) is 5.00. The van der Waals surface area contributed by atoms with Gasteiger partial charge >= 0.3 is 0 Å². The van der Waals surface area contributed by atoms with Crippen molar-refractivity contribution in [3.63, 3.8) is 0 Å². The van der Waals surface area contributed by atoms with E-state index in [0.717, 1.165) is 37.7 Å². The Balaban J connectivity index is 1.77. The van der Waals surface area contributed by atoms with Crippen molar-refractivity contribution in [2.75, 3.05) is 6.54 Å². The molecule has 1 aromatic carbocycles. The van der Waals surface area contributed by atoms with E-state index in [2.05, 4.69) is 24.1 Å². The lowest BCUT2D eigenvalue weighted by molar-refractivity contribution is -0.134. The third-order valence-corrected chi connectivity index (χ3v) is 6.53. The van der Waals surface area contributed by atoms with Crippen LogP contribution in [0.3, 0.4) is 0 Å². The predicted octanol–water partition coefficient (Wildman–Crippen LogP) is 2.89. The van der Waals surface area contributed by atoms with Gasteiger partial charge in [-0.15, -0.1) is 0 Å². The summed E-state index contributed by atoms with van der Waals surface area (Å²) >= 11 is 0. The number of amides is 2. The zero-order valence-electron chi connectivity index (χ0n) is 17.1. The fraction of sp³-hybridized carbons (Fsp3) is 0.636. The highest BCUT2D eigenvalue weighted by Gasteiger charge is 2.59. The lowest BCUT2D eigenvalue weighted by Crippen LogP contribution is -2.50. The van der Waals surface area contributed by atoms with Crippen LogP contribution < -0.4 is 11.1 Å². The van der Waals surface area contributed by atoms with Crippen LogP contribution in [-0.4, -0.2) is 35.3 Å². The smallest absolute Gasteiger partial charge is 0.231 e. The molecule has 2 saturated heterocycles. The molecule has 0 aliphatic carbocycles. The molecule has 5 nitrogen and oxygen atoms in total. The molecule has 2 heterocycles. The van der Waals surface area contributed by atoms with E-state index in [9.17, 15) is 14.0 Å². The molecular formula is C22H32FN3O2. The van der Waals surface area contributed by atoms with Crippen LogP contribution in [0.15, 0.2) is 18.2 Å². The van der Waals surface area contributed by atoms with Crippen LogP contribution in [0.25, 0.3) is 0 Å². The van der Waals surface area contributed by atoms with E-state index in [1.807, 2.05) is 6.07 Å². The predicted molar refractivity (Wildman–Crippen MR) is 107 cm³/mol. The van der Waals surface area contributed by atoms with Crippen molar-refractivity contribution in [1.82, 2.24) is 10.2 Å². The van der Waals surface area contributed by atoms with Gasteiger partial charge in [-0.2, -0.15) is 0 Å². The first kappa shape index (κ1) is 20.8. The number of nitrogens with zero attached hydrogens (tertiary/aromatic N) is 1. The highest BCUT2D eigenvalue weighted by Crippen LogP contribution is 2.52. The number of halogens is 1. The Morgan fingerprint density at radius 3 is 2.75 bits per heavy atom. The molecule has 2 amide bonds. The average molecular weight is 390 g/mol. The number of primary amides is 1. The Morgan fingerprint density at radius 1 is 1.36 bits per heavy atom. The molecule has 28 heavy (non-hydrogen) atoms. The zero-order chi connectivity index (χ0) is 20.5. The molecule has 2 aliphatic rings. The SMILES string of the molecule is Cc1ccc(CNC(=O)[C@@]2(CCC(C)C)C[C@H]3CC[C@@H]2N3CC(N)=O)cc1F. The van der Waals surface area contributed by atoms with Crippen LogP contribution in [0.1, 0.15) is 57.1 Å². The van der Waals surface area contributed by atoms with Crippen molar-refractivity contribution in [2.24, 2.45) is 17.1 Å². The molecule has 0 radical (unpaired) electrons. The summed E-state index contributed by atoms with van der Waals surface area (Å²) in [6.45, 7) is 6.58. The summed E-state index contributed by atoms with van der Waals surface area (Å²) in [5.41, 5.74) is 6.31. The maximum atomic E-state index is 13.8. The van der Waals surface area contributed by atoms with Crippen LogP contribution >= 0.6 is 0 Å². The lowest BCUT2D eigenvalue weighted by Gasteiger charge is -2.37. The summed E-state index contributed by atoms with van der Waals surface area (Å²) in [7, 11) is 0. The average Bonchev–Trinajstić information content (AvgIpc) is 3.15. The van der Waals surface area contributed by atoms with Crippen LogP contribution in [0.2, 0.25) is 0 Å². The summed E-state index contributed by atoms with van der Waals surface area (Å²) < 4.78 is 13.8. The van der Waals surface area contributed by atoms with Crippen molar-refractivity contribution < 1.29 is 14.0 Å². The first-order valence-corrected chi connectivity index (χ1v) is 10.3. The molecule has 6 heteroatoms. The molecule has 3 N–H and O–H groups in total. The summed E-state index contributed by atoms with van der Waals surface area (Å²) in [6.07, 6.45) is 4.46. The zero-order valence-corrected chi connectivity index (χ0v) is 17.1. The number of aryl methyl sites for hydroxylation is 1. The Kier molecular flexibility index (Phi) is 6.08. The van der Waals surface area contributed by atoms with Crippen molar-refractivity contribution in [1.29, 1.82) is 0 Å². The van der Waals surface area contributed by atoms with Gasteiger partial charge in [0.1, 0.15) is 5.82 Å². The first-order valence-electron chi connectivity index (χ1n) is 10.3. The van der Waals surface area contributed by atoms with E-state index in [1.54, 1.807) is 13.0 Å². The van der Waals surface area contributed by atoms with Crippen LogP contribution in [0.4, 0.5) is 4.39 Å². The van der Waals surface area contributed by atoms with E-state index in [1.165, 1.54) is 6.07 Å². The van der Waals surface area contributed by atoms with Gasteiger partial charge in [0.25, 0.3) is 0 Å². The van der Waals surface area contributed by atoms with Crippen molar-refractivity contribution in [2.45, 2.75) is 71.5 Å². The van der Waals surface area contributed by atoms with E-state index in [-0.39, 0.29) is 36.3 Å².